The molecule has 2 aromatic rings. The number of hydrogen-bond donors (Lipinski definition) is 2. The van der Waals surface area contributed by atoms with E-state index >= 15 is 0 Å². The fourth-order valence-electron chi connectivity index (χ4n) is 3.53. The van der Waals surface area contributed by atoms with E-state index < -0.39 is 6.04 Å². The Kier molecular flexibility index (Phi) is 5.13. The lowest BCUT2D eigenvalue weighted by Gasteiger charge is -2.29. The predicted molar refractivity (Wildman–Crippen MR) is 96.7 cm³/mol. The Hall–Kier alpha value is -2.28. The fourth-order valence-corrected chi connectivity index (χ4v) is 3.53. The molecule has 134 valence electrons. The number of pyridine rings is 1. The first-order valence-corrected chi connectivity index (χ1v) is 8.85. The van der Waals surface area contributed by atoms with Crippen molar-refractivity contribution in [3.63, 3.8) is 0 Å². The van der Waals surface area contributed by atoms with Crippen LogP contribution >= 0.6 is 0 Å². The third-order valence-electron chi connectivity index (χ3n) is 5.15. The van der Waals surface area contributed by atoms with Crippen LogP contribution in [-0.2, 0) is 11.8 Å². The minimum absolute atomic E-state index is 0.154. The SMILES string of the molecule is Cc1nnn(C)c1-c1ccc(NC(=O)[C@@H](N)C2CCC(C)CC2)nc1. The van der Waals surface area contributed by atoms with Crippen LogP contribution < -0.4 is 11.1 Å². The average Bonchev–Trinajstić information content (AvgIpc) is 2.94. The Morgan fingerprint density at radius 2 is 2.04 bits per heavy atom. The molecule has 1 atom stereocenters. The number of aryl methyl sites for hydroxylation is 2. The molecule has 0 bridgehead atoms. The van der Waals surface area contributed by atoms with Gasteiger partial charge in [-0.25, -0.2) is 9.67 Å². The van der Waals surface area contributed by atoms with E-state index in [4.69, 9.17) is 5.73 Å². The minimum Gasteiger partial charge on any atom is -0.320 e. The summed E-state index contributed by atoms with van der Waals surface area (Å²) in [5.74, 6) is 1.36. The Morgan fingerprint density at radius 1 is 1.32 bits per heavy atom. The second-order valence-electron chi connectivity index (χ2n) is 7.11. The molecule has 7 heteroatoms. The first-order chi connectivity index (χ1) is 12.0. The van der Waals surface area contributed by atoms with Crippen molar-refractivity contribution in [1.29, 1.82) is 0 Å². The third kappa shape index (κ3) is 3.87. The summed E-state index contributed by atoms with van der Waals surface area (Å²) in [6.07, 6.45) is 6.06. The minimum atomic E-state index is -0.475. The van der Waals surface area contributed by atoms with Gasteiger partial charge in [-0.2, -0.15) is 0 Å². The van der Waals surface area contributed by atoms with Crippen molar-refractivity contribution in [2.24, 2.45) is 24.6 Å². The number of rotatable bonds is 4. The summed E-state index contributed by atoms with van der Waals surface area (Å²) in [5, 5.41) is 10.9. The summed E-state index contributed by atoms with van der Waals surface area (Å²) in [5.41, 5.74) is 8.84. The van der Waals surface area contributed by atoms with Gasteiger partial charge in [-0.05, 0) is 43.7 Å². The number of nitrogens with one attached hydrogen (secondary N) is 1. The number of carbonyl (C=O) groups is 1. The molecule has 0 spiro atoms. The second-order valence-corrected chi connectivity index (χ2v) is 7.11. The normalized spacial score (nSPS) is 21.8. The van der Waals surface area contributed by atoms with Gasteiger partial charge >= 0.3 is 0 Å². The molecule has 1 aliphatic rings. The first kappa shape index (κ1) is 17.5. The van der Waals surface area contributed by atoms with Crippen molar-refractivity contribution in [2.45, 2.75) is 45.6 Å². The van der Waals surface area contributed by atoms with Gasteiger partial charge in [0, 0.05) is 18.8 Å². The molecule has 1 aliphatic carbocycles. The molecule has 25 heavy (non-hydrogen) atoms. The number of aromatic nitrogens is 4. The summed E-state index contributed by atoms with van der Waals surface area (Å²) < 4.78 is 1.71. The molecular formula is C18H26N6O. The van der Waals surface area contributed by atoms with Crippen LogP contribution in [0.1, 0.15) is 38.3 Å². The first-order valence-electron chi connectivity index (χ1n) is 8.85. The van der Waals surface area contributed by atoms with Crippen molar-refractivity contribution in [3.8, 4) is 11.3 Å². The van der Waals surface area contributed by atoms with Crippen LogP contribution in [0.5, 0.6) is 0 Å². The summed E-state index contributed by atoms with van der Waals surface area (Å²) in [4.78, 5) is 16.8. The van der Waals surface area contributed by atoms with E-state index in [1.807, 2.05) is 20.0 Å². The number of anilines is 1. The lowest BCUT2D eigenvalue weighted by molar-refractivity contribution is -0.118. The summed E-state index contributed by atoms with van der Waals surface area (Å²) in [6.45, 7) is 4.16. The van der Waals surface area contributed by atoms with E-state index in [0.29, 0.717) is 5.82 Å². The van der Waals surface area contributed by atoms with Crippen LogP contribution in [0.2, 0.25) is 0 Å². The van der Waals surface area contributed by atoms with Crippen molar-refractivity contribution in [2.75, 3.05) is 5.32 Å². The van der Waals surface area contributed by atoms with E-state index in [1.165, 1.54) is 0 Å². The maximum Gasteiger partial charge on any atom is 0.242 e. The summed E-state index contributed by atoms with van der Waals surface area (Å²) in [6, 6.07) is 3.22. The van der Waals surface area contributed by atoms with Crippen LogP contribution in [0.3, 0.4) is 0 Å². The van der Waals surface area contributed by atoms with Gasteiger partial charge < -0.3 is 11.1 Å². The molecule has 0 aliphatic heterocycles. The molecule has 0 saturated heterocycles. The molecule has 1 amide bonds. The number of amides is 1. The van der Waals surface area contributed by atoms with Crippen LogP contribution in [0.4, 0.5) is 5.82 Å². The van der Waals surface area contributed by atoms with E-state index in [9.17, 15) is 4.79 Å². The molecule has 0 unspecified atom stereocenters. The average molecular weight is 342 g/mol. The molecule has 7 nitrogen and oxygen atoms in total. The number of nitrogens with zero attached hydrogens (tertiary/aromatic N) is 4. The Bertz CT molecular complexity index is 711. The molecule has 2 aromatic heterocycles. The maximum absolute atomic E-state index is 12.4. The smallest absolute Gasteiger partial charge is 0.242 e. The zero-order valence-electron chi connectivity index (χ0n) is 15.1. The van der Waals surface area contributed by atoms with Crippen LogP contribution in [0, 0.1) is 18.8 Å². The second kappa shape index (κ2) is 7.31. The monoisotopic (exact) mass is 342 g/mol. The van der Waals surface area contributed by atoms with Crippen molar-refractivity contribution >= 4 is 11.7 Å². The molecule has 3 N–H and O–H groups in total. The zero-order valence-corrected chi connectivity index (χ0v) is 15.1. The maximum atomic E-state index is 12.4. The highest BCUT2D eigenvalue weighted by atomic mass is 16.2. The summed E-state index contributed by atoms with van der Waals surface area (Å²) in [7, 11) is 1.84. The Balaban J connectivity index is 1.64. The number of nitrogens with two attached hydrogens (primary N) is 1. The molecule has 0 aromatic carbocycles. The van der Waals surface area contributed by atoms with Crippen LogP contribution in [0.15, 0.2) is 18.3 Å². The van der Waals surface area contributed by atoms with Crippen molar-refractivity contribution < 1.29 is 4.79 Å². The molecule has 0 radical (unpaired) electrons. The van der Waals surface area contributed by atoms with E-state index in [2.05, 4.69) is 27.5 Å². The number of carbonyl (C=O) groups excluding carboxylic acids is 1. The standard InChI is InChI=1S/C18H26N6O/c1-11-4-6-13(7-5-11)16(19)18(25)21-15-9-8-14(10-20-15)17-12(2)22-23-24(17)3/h8-11,13,16H,4-7,19H2,1-3H3,(H,20,21,25)/t11?,13?,16-/m0/s1. The largest absolute Gasteiger partial charge is 0.320 e. The topological polar surface area (TPSA) is 98.7 Å². The van der Waals surface area contributed by atoms with Gasteiger partial charge in [-0.15, -0.1) is 5.10 Å². The molecule has 2 heterocycles. The predicted octanol–water partition coefficient (Wildman–Crippen LogP) is 2.28. The number of hydrogen-bond acceptors (Lipinski definition) is 5. The van der Waals surface area contributed by atoms with E-state index in [-0.39, 0.29) is 11.8 Å². The Labute approximate surface area is 148 Å². The van der Waals surface area contributed by atoms with Gasteiger partial charge in [0.2, 0.25) is 5.91 Å². The molecule has 1 fully saturated rings. The third-order valence-corrected chi connectivity index (χ3v) is 5.15. The van der Waals surface area contributed by atoms with Gasteiger partial charge in [0.1, 0.15) is 5.82 Å². The highest BCUT2D eigenvalue weighted by Crippen LogP contribution is 2.30. The lowest BCUT2D eigenvalue weighted by Crippen LogP contribution is -2.43. The van der Waals surface area contributed by atoms with Crippen LogP contribution in [0.25, 0.3) is 11.3 Å². The molecule has 1 saturated carbocycles. The quantitative estimate of drug-likeness (QED) is 0.888. The van der Waals surface area contributed by atoms with E-state index in [0.717, 1.165) is 48.6 Å². The molecular weight excluding hydrogens is 316 g/mol. The van der Waals surface area contributed by atoms with Crippen molar-refractivity contribution in [3.05, 3.63) is 24.0 Å². The molecule has 3 rings (SSSR count). The Morgan fingerprint density at radius 3 is 2.60 bits per heavy atom. The highest BCUT2D eigenvalue weighted by Gasteiger charge is 2.28. The van der Waals surface area contributed by atoms with E-state index in [1.54, 1.807) is 16.9 Å². The van der Waals surface area contributed by atoms with Crippen LogP contribution in [-0.4, -0.2) is 31.9 Å². The van der Waals surface area contributed by atoms with Gasteiger partial charge in [0.15, 0.2) is 0 Å². The van der Waals surface area contributed by atoms with Gasteiger partial charge in [0.05, 0.1) is 17.4 Å². The zero-order chi connectivity index (χ0) is 18.0. The summed E-state index contributed by atoms with van der Waals surface area (Å²) >= 11 is 0. The van der Waals surface area contributed by atoms with Crippen molar-refractivity contribution in [1.82, 2.24) is 20.0 Å². The highest BCUT2D eigenvalue weighted by molar-refractivity contribution is 5.94. The fraction of sp³-hybridized carbons (Fsp3) is 0.556. The van der Waals surface area contributed by atoms with Gasteiger partial charge in [-0.1, -0.05) is 25.0 Å². The van der Waals surface area contributed by atoms with Gasteiger partial charge in [0.25, 0.3) is 0 Å². The van der Waals surface area contributed by atoms with Gasteiger partial charge in [-0.3, -0.25) is 4.79 Å². The lowest BCUT2D eigenvalue weighted by atomic mass is 9.79.